The average molecular weight is 406 g/mol. The molecule has 0 unspecified atom stereocenters. The van der Waals surface area contributed by atoms with E-state index in [1.54, 1.807) is 19.1 Å². The molecule has 2 amide bonds. The number of carbonyl (C=O) groups excluding carboxylic acids is 1. The molecule has 4 rings (SSSR count). The van der Waals surface area contributed by atoms with Gasteiger partial charge in [0.05, 0.1) is 0 Å². The Hall–Kier alpha value is -3.54. The summed E-state index contributed by atoms with van der Waals surface area (Å²) in [4.78, 5) is 12.6. The molecule has 0 spiro atoms. The van der Waals surface area contributed by atoms with Gasteiger partial charge in [-0.25, -0.2) is 9.18 Å². The van der Waals surface area contributed by atoms with Crippen LogP contribution in [0.25, 0.3) is 0 Å². The number of ether oxygens (including phenoxy) is 2. The van der Waals surface area contributed by atoms with Gasteiger partial charge < -0.3 is 20.1 Å². The highest BCUT2D eigenvalue weighted by molar-refractivity contribution is 5.89. The van der Waals surface area contributed by atoms with Crippen molar-refractivity contribution < 1.29 is 18.7 Å². The van der Waals surface area contributed by atoms with Crippen LogP contribution in [0.3, 0.4) is 0 Å². The molecule has 30 heavy (non-hydrogen) atoms. The molecule has 5 nitrogen and oxygen atoms in total. The van der Waals surface area contributed by atoms with E-state index in [-0.39, 0.29) is 24.7 Å². The molecule has 0 radical (unpaired) electrons. The van der Waals surface area contributed by atoms with Crippen LogP contribution in [0.4, 0.5) is 14.9 Å². The molecule has 0 fully saturated rings. The number of urea groups is 1. The summed E-state index contributed by atoms with van der Waals surface area (Å²) >= 11 is 0. The molecule has 1 atom stereocenters. The number of hydrogen-bond acceptors (Lipinski definition) is 3. The maximum Gasteiger partial charge on any atom is 0.319 e. The van der Waals surface area contributed by atoms with Crippen molar-refractivity contribution in [2.24, 2.45) is 0 Å². The van der Waals surface area contributed by atoms with Gasteiger partial charge in [0.2, 0.25) is 6.79 Å². The first-order chi connectivity index (χ1) is 14.6. The maximum atomic E-state index is 13.8. The van der Waals surface area contributed by atoms with Crippen molar-refractivity contribution in [2.45, 2.75) is 25.8 Å². The van der Waals surface area contributed by atoms with Crippen molar-refractivity contribution in [3.05, 3.63) is 89.2 Å². The van der Waals surface area contributed by atoms with Crippen molar-refractivity contribution in [1.29, 1.82) is 0 Å². The van der Waals surface area contributed by atoms with E-state index >= 15 is 0 Å². The largest absolute Gasteiger partial charge is 0.454 e. The van der Waals surface area contributed by atoms with E-state index in [9.17, 15) is 9.18 Å². The van der Waals surface area contributed by atoms with Gasteiger partial charge in [0.25, 0.3) is 0 Å². The number of amides is 2. The van der Waals surface area contributed by atoms with E-state index in [0.29, 0.717) is 29.8 Å². The second-order valence-corrected chi connectivity index (χ2v) is 7.34. The Morgan fingerprint density at radius 1 is 0.967 bits per heavy atom. The van der Waals surface area contributed by atoms with Crippen LogP contribution in [0.5, 0.6) is 11.5 Å². The van der Waals surface area contributed by atoms with E-state index in [0.717, 1.165) is 16.9 Å². The highest BCUT2D eigenvalue weighted by Gasteiger charge is 2.18. The number of hydrogen-bond donors (Lipinski definition) is 2. The Bertz CT molecular complexity index is 1040. The number of fused-ring (bicyclic) bond motifs is 1. The monoisotopic (exact) mass is 406 g/mol. The van der Waals surface area contributed by atoms with Crippen LogP contribution in [-0.4, -0.2) is 18.9 Å². The zero-order valence-electron chi connectivity index (χ0n) is 16.7. The summed E-state index contributed by atoms with van der Waals surface area (Å²) in [6, 6.07) is 19.9. The molecule has 0 aromatic heterocycles. The number of rotatable bonds is 6. The van der Waals surface area contributed by atoms with Crippen LogP contribution in [0.2, 0.25) is 0 Å². The molecule has 6 heteroatoms. The minimum atomic E-state index is -0.375. The van der Waals surface area contributed by atoms with Gasteiger partial charge >= 0.3 is 6.03 Å². The summed E-state index contributed by atoms with van der Waals surface area (Å²) in [6.07, 6.45) is 1.27. The van der Waals surface area contributed by atoms with Crippen LogP contribution in [0.1, 0.15) is 16.7 Å². The van der Waals surface area contributed by atoms with E-state index in [1.807, 2.05) is 48.5 Å². The summed E-state index contributed by atoms with van der Waals surface area (Å²) in [5, 5.41) is 5.74. The van der Waals surface area contributed by atoms with Gasteiger partial charge in [0.15, 0.2) is 11.5 Å². The molecule has 1 aliphatic rings. The number of halogens is 1. The second kappa shape index (κ2) is 8.86. The van der Waals surface area contributed by atoms with E-state index in [4.69, 9.17) is 9.47 Å². The Morgan fingerprint density at radius 2 is 1.73 bits per heavy atom. The predicted molar refractivity (Wildman–Crippen MR) is 113 cm³/mol. The number of nitrogens with one attached hydrogen (secondary N) is 2. The molecule has 2 N–H and O–H groups in total. The van der Waals surface area contributed by atoms with Gasteiger partial charge in [0.1, 0.15) is 5.82 Å². The zero-order valence-corrected chi connectivity index (χ0v) is 16.7. The van der Waals surface area contributed by atoms with Crippen LogP contribution in [0.15, 0.2) is 66.7 Å². The number of anilines is 1. The smallest absolute Gasteiger partial charge is 0.319 e. The Labute approximate surface area is 174 Å². The van der Waals surface area contributed by atoms with Crippen molar-refractivity contribution in [3.8, 4) is 11.5 Å². The fourth-order valence-electron chi connectivity index (χ4n) is 3.45. The predicted octanol–water partition coefficient (Wildman–Crippen LogP) is 4.84. The van der Waals surface area contributed by atoms with E-state index < -0.39 is 0 Å². The lowest BCUT2D eigenvalue weighted by atomic mass is 9.98. The van der Waals surface area contributed by atoms with Crippen molar-refractivity contribution in [1.82, 2.24) is 5.32 Å². The topological polar surface area (TPSA) is 59.6 Å². The summed E-state index contributed by atoms with van der Waals surface area (Å²) < 4.78 is 24.6. The molecular formula is C24H23FN2O3. The fourth-order valence-corrected chi connectivity index (χ4v) is 3.45. The fraction of sp³-hybridized carbons (Fsp3) is 0.208. The van der Waals surface area contributed by atoms with Gasteiger partial charge in [-0.1, -0.05) is 42.5 Å². The van der Waals surface area contributed by atoms with Crippen LogP contribution in [-0.2, 0) is 12.8 Å². The van der Waals surface area contributed by atoms with Gasteiger partial charge in [-0.05, 0) is 60.7 Å². The maximum absolute atomic E-state index is 13.8. The minimum absolute atomic E-state index is 0.164. The normalized spacial score (nSPS) is 13.0. The Morgan fingerprint density at radius 3 is 2.53 bits per heavy atom. The van der Waals surface area contributed by atoms with Crippen molar-refractivity contribution in [2.75, 3.05) is 12.1 Å². The van der Waals surface area contributed by atoms with E-state index in [1.165, 1.54) is 6.07 Å². The molecular weight excluding hydrogens is 383 g/mol. The molecule has 1 heterocycles. The summed E-state index contributed by atoms with van der Waals surface area (Å²) in [5.41, 5.74) is 3.09. The lowest BCUT2D eigenvalue weighted by Crippen LogP contribution is -2.40. The first kappa shape index (κ1) is 19.8. The first-order valence-electron chi connectivity index (χ1n) is 9.83. The average Bonchev–Trinajstić information content (AvgIpc) is 3.19. The highest BCUT2D eigenvalue weighted by Crippen LogP contribution is 2.33. The third-order valence-electron chi connectivity index (χ3n) is 5.01. The minimum Gasteiger partial charge on any atom is -0.454 e. The van der Waals surface area contributed by atoms with E-state index in [2.05, 4.69) is 10.6 Å². The second-order valence-electron chi connectivity index (χ2n) is 7.34. The van der Waals surface area contributed by atoms with Gasteiger partial charge in [-0.15, -0.1) is 0 Å². The van der Waals surface area contributed by atoms with Gasteiger partial charge in [0, 0.05) is 11.7 Å². The lowest BCUT2D eigenvalue weighted by molar-refractivity contribution is 0.174. The number of carbonyl (C=O) groups is 1. The third kappa shape index (κ3) is 4.89. The molecule has 0 bridgehead atoms. The highest BCUT2D eigenvalue weighted by atomic mass is 19.1. The summed E-state index contributed by atoms with van der Waals surface area (Å²) in [5.74, 6) is 1.09. The first-order valence-corrected chi connectivity index (χ1v) is 9.83. The van der Waals surface area contributed by atoms with Crippen molar-refractivity contribution >= 4 is 11.7 Å². The van der Waals surface area contributed by atoms with Crippen LogP contribution < -0.4 is 20.1 Å². The molecule has 3 aromatic carbocycles. The van der Waals surface area contributed by atoms with Crippen LogP contribution >= 0.6 is 0 Å². The molecule has 0 aliphatic carbocycles. The Balaban J connectivity index is 1.47. The molecule has 154 valence electrons. The SMILES string of the molecule is Cc1ccc(NC(=O)N[C@H](Cc2ccccc2)Cc2ccc3c(c2)OCO3)cc1F. The van der Waals surface area contributed by atoms with Crippen molar-refractivity contribution in [3.63, 3.8) is 0 Å². The molecule has 0 saturated heterocycles. The number of benzene rings is 3. The lowest BCUT2D eigenvalue weighted by Gasteiger charge is -2.20. The third-order valence-corrected chi connectivity index (χ3v) is 5.01. The quantitative estimate of drug-likeness (QED) is 0.616. The molecule has 3 aromatic rings. The standard InChI is InChI=1S/C24H23FN2O3/c1-16-7-9-19(14-21(16)25)26-24(28)27-20(11-17-5-3-2-4-6-17)12-18-8-10-22-23(13-18)30-15-29-22/h2-10,13-14,20H,11-12,15H2,1H3,(H2,26,27,28)/t20-/m1/s1. The summed E-state index contributed by atoms with van der Waals surface area (Å²) in [7, 11) is 0. The molecule has 0 saturated carbocycles. The van der Waals surface area contributed by atoms with Crippen LogP contribution in [0, 0.1) is 12.7 Å². The molecule has 1 aliphatic heterocycles. The Kier molecular flexibility index (Phi) is 5.84. The van der Waals surface area contributed by atoms with Gasteiger partial charge in [-0.2, -0.15) is 0 Å². The number of aryl methyl sites for hydroxylation is 1. The van der Waals surface area contributed by atoms with Gasteiger partial charge in [-0.3, -0.25) is 0 Å². The zero-order chi connectivity index (χ0) is 20.9. The summed E-state index contributed by atoms with van der Waals surface area (Å²) in [6.45, 7) is 1.90.